The summed E-state index contributed by atoms with van der Waals surface area (Å²) < 4.78 is 7.18. The van der Waals surface area contributed by atoms with Gasteiger partial charge in [0, 0.05) is 16.3 Å². The molecule has 0 N–H and O–H groups in total. The van der Waals surface area contributed by atoms with Gasteiger partial charge in [0.05, 0.1) is 10.2 Å². The average molecular weight is 315 g/mol. The summed E-state index contributed by atoms with van der Waals surface area (Å²) in [4.78, 5) is 4.76. The van der Waals surface area contributed by atoms with Crippen molar-refractivity contribution < 1.29 is 4.42 Å². The van der Waals surface area contributed by atoms with Crippen LogP contribution in [0.1, 0.15) is 5.56 Å². The van der Waals surface area contributed by atoms with Gasteiger partial charge < -0.3 is 4.42 Å². The molecule has 0 unspecified atom stereocenters. The summed E-state index contributed by atoms with van der Waals surface area (Å²) in [5.41, 5.74) is 5.31. The normalized spacial score (nSPS) is 11.7. The largest absolute Gasteiger partial charge is 0.456 e. The number of benzene rings is 3. The minimum Gasteiger partial charge on any atom is -0.456 e. The van der Waals surface area contributed by atoms with Crippen molar-refractivity contribution in [3.8, 4) is 10.6 Å². The standard InChI is InChI=1S/C20H13NOS/c1-12-5-4-7-17-19(12)14-11-13(9-10-16(14)22-17)20-21-15-6-2-3-8-18(15)23-20/h2-11H,1H3. The molecule has 3 heteroatoms. The fraction of sp³-hybridized carbons (Fsp3) is 0.0500. The summed E-state index contributed by atoms with van der Waals surface area (Å²) in [6.45, 7) is 2.13. The first kappa shape index (κ1) is 12.9. The zero-order chi connectivity index (χ0) is 15.4. The molecule has 0 aliphatic heterocycles. The topological polar surface area (TPSA) is 26.0 Å². The van der Waals surface area contributed by atoms with E-state index in [2.05, 4.69) is 49.4 Å². The summed E-state index contributed by atoms with van der Waals surface area (Å²) in [6.07, 6.45) is 0. The fourth-order valence-corrected chi connectivity index (χ4v) is 4.09. The van der Waals surface area contributed by atoms with Crippen LogP contribution in [-0.2, 0) is 0 Å². The first-order chi connectivity index (χ1) is 11.3. The molecule has 0 fully saturated rings. The lowest BCUT2D eigenvalue weighted by atomic mass is 10.1. The third-order valence-corrected chi connectivity index (χ3v) is 5.33. The molecule has 2 nitrogen and oxygen atoms in total. The maximum Gasteiger partial charge on any atom is 0.135 e. The smallest absolute Gasteiger partial charge is 0.135 e. The number of thiazole rings is 1. The molecule has 0 saturated heterocycles. The molecule has 0 aliphatic rings. The van der Waals surface area contributed by atoms with Gasteiger partial charge in [-0.2, -0.15) is 0 Å². The van der Waals surface area contributed by atoms with Crippen molar-refractivity contribution >= 4 is 43.5 Å². The average Bonchev–Trinajstić information content (AvgIpc) is 3.15. The third-order valence-electron chi connectivity index (χ3n) is 4.24. The summed E-state index contributed by atoms with van der Waals surface area (Å²) >= 11 is 1.73. The highest BCUT2D eigenvalue weighted by Crippen LogP contribution is 2.36. The quantitative estimate of drug-likeness (QED) is 0.369. The molecular formula is C20H13NOS. The molecule has 0 bridgehead atoms. The van der Waals surface area contributed by atoms with Crippen LogP contribution in [0.5, 0.6) is 0 Å². The summed E-state index contributed by atoms with van der Waals surface area (Å²) in [7, 11) is 0. The SMILES string of the molecule is Cc1cccc2oc3ccc(-c4nc5ccccc5s4)cc3c12. The number of aryl methyl sites for hydroxylation is 1. The van der Waals surface area contributed by atoms with Gasteiger partial charge in [0.1, 0.15) is 16.2 Å². The minimum atomic E-state index is 0.930. The number of hydrogen-bond acceptors (Lipinski definition) is 3. The second-order valence-corrected chi connectivity index (χ2v) is 6.78. The van der Waals surface area contributed by atoms with E-state index >= 15 is 0 Å². The summed E-state index contributed by atoms with van der Waals surface area (Å²) in [5.74, 6) is 0. The highest BCUT2D eigenvalue weighted by Gasteiger charge is 2.12. The van der Waals surface area contributed by atoms with Crippen molar-refractivity contribution in [2.45, 2.75) is 6.92 Å². The third kappa shape index (κ3) is 1.90. The molecule has 0 amide bonds. The Morgan fingerprint density at radius 3 is 2.74 bits per heavy atom. The van der Waals surface area contributed by atoms with E-state index in [1.54, 1.807) is 11.3 Å². The Morgan fingerprint density at radius 1 is 0.913 bits per heavy atom. The van der Waals surface area contributed by atoms with Crippen LogP contribution in [0.3, 0.4) is 0 Å². The van der Waals surface area contributed by atoms with E-state index in [0.717, 1.165) is 32.6 Å². The number of fused-ring (bicyclic) bond motifs is 4. The second-order valence-electron chi connectivity index (χ2n) is 5.75. The first-order valence-electron chi connectivity index (χ1n) is 7.57. The molecule has 2 heterocycles. The van der Waals surface area contributed by atoms with Crippen LogP contribution in [0, 0.1) is 6.92 Å². The minimum absolute atomic E-state index is 0.930. The van der Waals surface area contributed by atoms with Crippen molar-refractivity contribution in [1.82, 2.24) is 4.98 Å². The van der Waals surface area contributed by atoms with Crippen molar-refractivity contribution in [1.29, 1.82) is 0 Å². The molecule has 0 radical (unpaired) electrons. The molecule has 23 heavy (non-hydrogen) atoms. The predicted molar refractivity (Wildman–Crippen MR) is 97.1 cm³/mol. The van der Waals surface area contributed by atoms with Crippen molar-refractivity contribution in [3.05, 3.63) is 66.2 Å². The lowest BCUT2D eigenvalue weighted by molar-refractivity contribution is 0.669. The highest BCUT2D eigenvalue weighted by atomic mass is 32.1. The summed E-state index contributed by atoms with van der Waals surface area (Å²) in [6, 6.07) is 20.8. The van der Waals surface area contributed by atoms with Crippen LogP contribution < -0.4 is 0 Å². The van der Waals surface area contributed by atoms with Gasteiger partial charge in [0.15, 0.2) is 0 Å². The first-order valence-corrected chi connectivity index (χ1v) is 8.39. The number of furan rings is 1. The van der Waals surface area contributed by atoms with E-state index in [-0.39, 0.29) is 0 Å². The van der Waals surface area contributed by atoms with Crippen LogP contribution in [0.4, 0.5) is 0 Å². The van der Waals surface area contributed by atoms with Gasteiger partial charge in [-0.05, 0) is 48.9 Å². The van der Waals surface area contributed by atoms with Crippen LogP contribution >= 0.6 is 11.3 Å². The van der Waals surface area contributed by atoms with E-state index in [4.69, 9.17) is 9.40 Å². The monoisotopic (exact) mass is 315 g/mol. The zero-order valence-electron chi connectivity index (χ0n) is 12.5. The molecule has 5 aromatic rings. The van der Waals surface area contributed by atoms with Gasteiger partial charge in [0.2, 0.25) is 0 Å². The zero-order valence-corrected chi connectivity index (χ0v) is 13.4. The molecular weight excluding hydrogens is 302 g/mol. The maximum atomic E-state index is 5.97. The number of aromatic nitrogens is 1. The predicted octanol–water partition coefficient (Wildman–Crippen LogP) is 6.17. The molecule has 110 valence electrons. The maximum absolute atomic E-state index is 5.97. The van der Waals surface area contributed by atoms with Gasteiger partial charge in [0.25, 0.3) is 0 Å². The summed E-state index contributed by atoms with van der Waals surface area (Å²) in [5, 5.41) is 3.41. The van der Waals surface area contributed by atoms with Crippen LogP contribution in [0.25, 0.3) is 42.7 Å². The Kier molecular flexibility index (Phi) is 2.61. The Bertz CT molecular complexity index is 1150. The van der Waals surface area contributed by atoms with Crippen LogP contribution in [0.15, 0.2) is 65.1 Å². The van der Waals surface area contributed by atoms with Gasteiger partial charge in [-0.25, -0.2) is 4.98 Å². The van der Waals surface area contributed by atoms with Crippen LogP contribution in [-0.4, -0.2) is 4.98 Å². The molecule has 3 aromatic carbocycles. The molecule has 5 rings (SSSR count). The molecule has 0 spiro atoms. The van der Waals surface area contributed by atoms with E-state index in [9.17, 15) is 0 Å². The van der Waals surface area contributed by atoms with Crippen molar-refractivity contribution in [2.75, 3.05) is 0 Å². The Hall–Kier alpha value is -2.65. The lowest BCUT2D eigenvalue weighted by Gasteiger charge is -1.98. The van der Waals surface area contributed by atoms with E-state index in [1.165, 1.54) is 15.6 Å². The second kappa shape index (κ2) is 4.67. The van der Waals surface area contributed by atoms with Gasteiger partial charge >= 0.3 is 0 Å². The van der Waals surface area contributed by atoms with Gasteiger partial charge in [-0.1, -0.05) is 24.3 Å². The van der Waals surface area contributed by atoms with E-state index in [0.29, 0.717) is 0 Å². The Labute approximate surface area is 137 Å². The van der Waals surface area contributed by atoms with E-state index < -0.39 is 0 Å². The number of para-hydroxylation sites is 1. The van der Waals surface area contributed by atoms with Gasteiger partial charge in [-0.3, -0.25) is 0 Å². The molecule has 2 aromatic heterocycles. The highest BCUT2D eigenvalue weighted by molar-refractivity contribution is 7.21. The lowest BCUT2D eigenvalue weighted by Crippen LogP contribution is -1.77. The van der Waals surface area contributed by atoms with Crippen LogP contribution in [0.2, 0.25) is 0 Å². The Balaban J connectivity index is 1.80. The number of nitrogens with zero attached hydrogens (tertiary/aromatic N) is 1. The van der Waals surface area contributed by atoms with E-state index in [1.807, 2.05) is 18.2 Å². The molecule has 0 aliphatic carbocycles. The van der Waals surface area contributed by atoms with Crippen molar-refractivity contribution in [3.63, 3.8) is 0 Å². The van der Waals surface area contributed by atoms with Crippen molar-refractivity contribution in [2.24, 2.45) is 0 Å². The number of rotatable bonds is 1. The fourth-order valence-electron chi connectivity index (χ4n) is 3.13. The molecule has 0 saturated carbocycles. The Morgan fingerprint density at radius 2 is 1.83 bits per heavy atom. The number of hydrogen-bond donors (Lipinski definition) is 0. The van der Waals surface area contributed by atoms with Gasteiger partial charge in [-0.15, -0.1) is 11.3 Å². The molecule has 0 atom stereocenters.